The van der Waals surface area contributed by atoms with Gasteiger partial charge in [-0.2, -0.15) is 5.10 Å². The second-order valence-corrected chi connectivity index (χ2v) is 8.17. The zero-order chi connectivity index (χ0) is 23.9. The van der Waals surface area contributed by atoms with Crippen LogP contribution in [-0.4, -0.2) is 24.7 Å². The lowest BCUT2D eigenvalue weighted by Gasteiger charge is -2.11. The molecule has 170 valence electrons. The summed E-state index contributed by atoms with van der Waals surface area (Å²) in [5, 5.41) is 5.90. The number of halogens is 1. The molecule has 0 saturated carbocycles. The van der Waals surface area contributed by atoms with Crippen LogP contribution in [0.2, 0.25) is 0 Å². The van der Waals surface area contributed by atoms with Crippen LogP contribution in [0.15, 0.2) is 94.5 Å². The fourth-order valence-corrected chi connectivity index (χ4v) is 3.60. The topological polar surface area (TPSA) is 77.0 Å². The summed E-state index contributed by atoms with van der Waals surface area (Å²) in [5.74, 6) is 0.155. The van der Waals surface area contributed by atoms with Crippen molar-refractivity contribution in [3.8, 4) is 11.5 Å². The van der Waals surface area contributed by atoms with Gasteiger partial charge in [0.25, 0.3) is 5.91 Å². The number of carbonyl (C=O) groups excluding carboxylic acids is 2. The maximum Gasteiger partial charge on any atom is 0.343 e. The Morgan fingerprint density at radius 2 is 1.62 bits per heavy atom. The largest absolute Gasteiger partial charge is 0.494 e. The first kappa shape index (κ1) is 23.2. The first-order valence-electron chi connectivity index (χ1n) is 10.6. The Kier molecular flexibility index (Phi) is 7.34. The lowest BCUT2D eigenvalue weighted by Crippen LogP contribution is -2.17. The summed E-state index contributed by atoms with van der Waals surface area (Å²) in [6.07, 6.45) is 1.49. The molecule has 0 aliphatic rings. The molecule has 1 amide bonds. The van der Waals surface area contributed by atoms with Gasteiger partial charge in [-0.15, -0.1) is 0 Å². The Balaban J connectivity index is 1.58. The number of rotatable bonds is 7. The van der Waals surface area contributed by atoms with Crippen molar-refractivity contribution in [1.29, 1.82) is 0 Å². The van der Waals surface area contributed by atoms with Gasteiger partial charge in [0.1, 0.15) is 11.5 Å². The van der Waals surface area contributed by atoms with Crippen LogP contribution in [0.5, 0.6) is 11.5 Å². The number of carbonyl (C=O) groups is 2. The van der Waals surface area contributed by atoms with Crippen LogP contribution in [0.1, 0.15) is 33.2 Å². The van der Waals surface area contributed by atoms with Gasteiger partial charge in [0.15, 0.2) is 0 Å². The van der Waals surface area contributed by atoms with Gasteiger partial charge in [-0.1, -0.05) is 46.3 Å². The predicted molar refractivity (Wildman–Crippen MR) is 136 cm³/mol. The number of nitrogens with one attached hydrogen (secondary N) is 1. The first-order chi connectivity index (χ1) is 16.5. The quantitative estimate of drug-likeness (QED) is 0.142. The standard InChI is InChI=1S/C27H21BrN2O4/c1-2-33-22-14-9-20(10-15-22)27(32)34-25-16-11-18-5-3-4-6-23(18)24(25)17-29-30-26(31)19-7-12-21(28)13-8-19/h3-17H,2H2,1H3,(H,30,31). The van der Waals surface area contributed by atoms with Gasteiger partial charge in [0.2, 0.25) is 0 Å². The van der Waals surface area contributed by atoms with E-state index in [2.05, 4.69) is 26.5 Å². The minimum atomic E-state index is -0.508. The second-order valence-electron chi connectivity index (χ2n) is 7.25. The van der Waals surface area contributed by atoms with E-state index in [-0.39, 0.29) is 5.91 Å². The summed E-state index contributed by atoms with van der Waals surface area (Å²) in [7, 11) is 0. The molecule has 4 aromatic rings. The molecule has 0 aliphatic heterocycles. The van der Waals surface area contributed by atoms with E-state index in [1.54, 1.807) is 54.6 Å². The first-order valence-corrected chi connectivity index (χ1v) is 11.4. The number of esters is 1. The highest BCUT2D eigenvalue weighted by molar-refractivity contribution is 9.10. The van der Waals surface area contributed by atoms with Crippen molar-refractivity contribution >= 4 is 44.8 Å². The molecule has 0 saturated heterocycles. The fourth-order valence-electron chi connectivity index (χ4n) is 3.33. The number of hydrogen-bond donors (Lipinski definition) is 1. The lowest BCUT2D eigenvalue weighted by atomic mass is 10.0. The van der Waals surface area contributed by atoms with E-state index in [0.717, 1.165) is 15.2 Å². The van der Waals surface area contributed by atoms with Gasteiger partial charge in [-0.05, 0) is 72.3 Å². The summed E-state index contributed by atoms with van der Waals surface area (Å²) < 4.78 is 12.0. The molecule has 0 aromatic heterocycles. The Labute approximate surface area is 205 Å². The van der Waals surface area contributed by atoms with Crippen molar-refractivity contribution in [2.45, 2.75) is 6.92 Å². The molecule has 4 aromatic carbocycles. The number of nitrogens with zero attached hydrogens (tertiary/aromatic N) is 1. The molecule has 0 spiro atoms. The summed E-state index contributed by atoms with van der Waals surface area (Å²) in [6, 6.07) is 24.9. The van der Waals surface area contributed by atoms with E-state index in [1.807, 2.05) is 37.3 Å². The summed E-state index contributed by atoms with van der Waals surface area (Å²) in [5.41, 5.74) is 3.96. The molecular weight excluding hydrogens is 496 g/mol. The third-order valence-electron chi connectivity index (χ3n) is 5.00. The van der Waals surface area contributed by atoms with Crippen LogP contribution in [0.4, 0.5) is 0 Å². The maximum absolute atomic E-state index is 12.8. The van der Waals surface area contributed by atoms with Crippen molar-refractivity contribution in [2.75, 3.05) is 6.61 Å². The number of benzene rings is 4. The SMILES string of the molecule is CCOc1ccc(C(=O)Oc2ccc3ccccc3c2C=NNC(=O)c2ccc(Br)cc2)cc1. The number of fused-ring (bicyclic) bond motifs is 1. The Bertz CT molecular complexity index is 1350. The van der Waals surface area contributed by atoms with Crippen molar-refractivity contribution in [3.05, 3.63) is 106 Å². The number of amides is 1. The molecule has 6 nitrogen and oxygen atoms in total. The Hall–Kier alpha value is -3.97. The minimum absolute atomic E-state index is 0.333. The fraction of sp³-hybridized carbons (Fsp3) is 0.0741. The molecule has 0 fully saturated rings. The predicted octanol–water partition coefficient (Wildman–Crippen LogP) is 5.98. The Morgan fingerprint density at radius 3 is 2.35 bits per heavy atom. The van der Waals surface area contributed by atoms with Gasteiger partial charge in [0.05, 0.1) is 18.4 Å². The zero-order valence-corrected chi connectivity index (χ0v) is 19.9. The average molecular weight is 517 g/mol. The van der Waals surface area contributed by atoms with Crippen LogP contribution < -0.4 is 14.9 Å². The molecule has 0 unspecified atom stereocenters. The highest BCUT2D eigenvalue weighted by atomic mass is 79.9. The van der Waals surface area contributed by atoms with E-state index in [1.165, 1.54) is 6.21 Å². The number of hydrogen-bond acceptors (Lipinski definition) is 5. The molecule has 34 heavy (non-hydrogen) atoms. The van der Waals surface area contributed by atoms with Crippen LogP contribution in [0.25, 0.3) is 10.8 Å². The van der Waals surface area contributed by atoms with E-state index < -0.39 is 5.97 Å². The van der Waals surface area contributed by atoms with Crippen LogP contribution in [0, 0.1) is 0 Å². The van der Waals surface area contributed by atoms with E-state index in [4.69, 9.17) is 9.47 Å². The maximum atomic E-state index is 12.8. The molecule has 4 rings (SSSR count). The van der Waals surface area contributed by atoms with Crippen molar-refractivity contribution < 1.29 is 19.1 Å². The summed E-state index contributed by atoms with van der Waals surface area (Å²) in [6.45, 7) is 2.44. The Morgan fingerprint density at radius 1 is 0.912 bits per heavy atom. The highest BCUT2D eigenvalue weighted by Gasteiger charge is 2.14. The van der Waals surface area contributed by atoms with Crippen molar-refractivity contribution in [2.24, 2.45) is 5.10 Å². The van der Waals surface area contributed by atoms with Gasteiger partial charge in [0, 0.05) is 15.6 Å². The molecule has 1 N–H and O–H groups in total. The lowest BCUT2D eigenvalue weighted by molar-refractivity contribution is 0.0734. The third-order valence-corrected chi connectivity index (χ3v) is 5.53. The van der Waals surface area contributed by atoms with E-state index in [0.29, 0.717) is 34.8 Å². The van der Waals surface area contributed by atoms with Crippen molar-refractivity contribution in [3.63, 3.8) is 0 Å². The normalized spacial score (nSPS) is 10.9. The van der Waals surface area contributed by atoms with Crippen LogP contribution >= 0.6 is 15.9 Å². The number of hydrazone groups is 1. The van der Waals surface area contributed by atoms with E-state index >= 15 is 0 Å². The summed E-state index contributed by atoms with van der Waals surface area (Å²) in [4.78, 5) is 25.2. The molecule has 0 heterocycles. The molecule has 7 heteroatoms. The van der Waals surface area contributed by atoms with Gasteiger partial charge in [-0.3, -0.25) is 4.79 Å². The van der Waals surface area contributed by atoms with Gasteiger partial charge in [-0.25, -0.2) is 10.2 Å². The third kappa shape index (κ3) is 5.50. The number of ether oxygens (including phenoxy) is 2. The van der Waals surface area contributed by atoms with Crippen LogP contribution in [0.3, 0.4) is 0 Å². The van der Waals surface area contributed by atoms with E-state index in [9.17, 15) is 9.59 Å². The second kappa shape index (κ2) is 10.8. The monoisotopic (exact) mass is 516 g/mol. The zero-order valence-electron chi connectivity index (χ0n) is 18.3. The molecule has 0 aliphatic carbocycles. The summed E-state index contributed by atoms with van der Waals surface area (Å²) >= 11 is 3.35. The van der Waals surface area contributed by atoms with Gasteiger partial charge >= 0.3 is 5.97 Å². The van der Waals surface area contributed by atoms with Crippen LogP contribution in [-0.2, 0) is 0 Å². The molecule has 0 atom stereocenters. The molecule has 0 radical (unpaired) electrons. The minimum Gasteiger partial charge on any atom is -0.494 e. The molecular formula is C27H21BrN2O4. The van der Waals surface area contributed by atoms with Gasteiger partial charge < -0.3 is 9.47 Å². The highest BCUT2D eigenvalue weighted by Crippen LogP contribution is 2.27. The van der Waals surface area contributed by atoms with Crippen molar-refractivity contribution in [1.82, 2.24) is 5.43 Å². The average Bonchev–Trinajstić information content (AvgIpc) is 2.86. The molecule has 0 bridgehead atoms. The smallest absolute Gasteiger partial charge is 0.343 e.